The van der Waals surface area contributed by atoms with E-state index < -0.39 is 11.9 Å². The number of rotatable bonds is 3. The highest BCUT2D eigenvalue weighted by Crippen LogP contribution is 2.19. The van der Waals surface area contributed by atoms with Gasteiger partial charge in [-0.15, -0.1) is 0 Å². The van der Waals surface area contributed by atoms with E-state index in [2.05, 4.69) is 20.5 Å². The number of aromatic amines is 1. The molecule has 92 valence electrons. The van der Waals surface area contributed by atoms with Gasteiger partial charge < -0.3 is 10.4 Å². The fourth-order valence-corrected chi connectivity index (χ4v) is 1.55. The minimum atomic E-state index is -1.10. The summed E-state index contributed by atoms with van der Waals surface area (Å²) < 4.78 is 0. The van der Waals surface area contributed by atoms with Crippen LogP contribution in [0.3, 0.4) is 0 Å². The highest BCUT2D eigenvalue weighted by atomic mass is 16.4. The third kappa shape index (κ3) is 2.19. The van der Waals surface area contributed by atoms with Gasteiger partial charge >= 0.3 is 5.97 Å². The molecule has 0 saturated carbocycles. The normalized spacial score (nSPS) is 10.1. The Morgan fingerprint density at radius 3 is 2.78 bits per heavy atom. The van der Waals surface area contributed by atoms with Crippen molar-refractivity contribution in [3.63, 3.8) is 0 Å². The van der Waals surface area contributed by atoms with E-state index in [0.29, 0.717) is 5.56 Å². The van der Waals surface area contributed by atoms with E-state index in [-0.39, 0.29) is 17.1 Å². The highest BCUT2D eigenvalue weighted by molar-refractivity contribution is 6.06. The summed E-state index contributed by atoms with van der Waals surface area (Å²) in [5.74, 6) is -1.62. The molecule has 18 heavy (non-hydrogen) atoms. The molecule has 0 bridgehead atoms. The van der Waals surface area contributed by atoms with Gasteiger partial charge in [0, 0.05) is 0 Å². The first kappa shape index (κ1) is 11.8. The molecule has 0 aliphatic rings. The Morgan fingerprint density at radius 1 is 1.39 bits per heavy atom. The van der Waals surface area contributed by atoms with E-state index in [1.807, 2.05) is 0 Å². The predicted octanol–water partition coefficient (Wildman–Crippen LogP) is 1.06. The lowest BCUT2D eigenvalue weighted by molar-refractivity contribution is 0.0697. The number of carbonyl (C=O) groups is 2. The Bertz CT molecular complexity index is 592. The van der Waals surface area contributed by atoms with Crippen LogP contribution in [0, 0.1) is 6.92 Å². The molecular weight excluding hydrogens is 236 g/mol. The van der Waals surface area contributed by atoms with Crippen molar-refractivity contribution < 1.29 is 14.7 Å². The van der Waals surface area contributed by atoms with Crippen molar-refractivity contribution >= 4 is 17.6 Å². The summed E-state index contributed by atoms with van der Waals surface area (Å²) in [6.07, 6.45) is 1.20. The van der Waals surface area contributed by atoms with E-state index in [9.17, 15) is 9.59 Å². The first-order valence-electron chi connectivity index (χ1n) is 5.09. The zero-order valence-electron chi connectivity index (χ0n) is 9.47. The number of amides is 1. The maximum atomic E-state index is 11.7. The van der Waals surface area contributed by atoms with Gasteiger partial charge in [-0.25, -0.2) is 9.78 Å². The molecule has 2 rings (SSSR count). The first-order chi connectivity index (χ1) is 8.59. The Morgan fingerprint density at radius 2 is 2.17 bits per heavy atom. The van der Waals surface area contributed by atoms with E-state index in [4.69, 9.17) is 5.11 Å². The van der Waals surface area contributed by atoms with Gasteiger partial charge in [-0.1, -0.05) is 12.1 Å². The number of nitrogens with zero attached hydrogens (tertiary/aromatic N) is 2. The number of aromatic carboxylic acids is 1. The Hall–Kier alpha value is -2.70. The second-order valence-corrected chi connectivity index (χ2v) is 3.59. The fourth-order valence-electron chi connectivity index (χ4n) is 1.55. The van der Waals surface area contributed by atoms with E-state index >= 15 is 0 Å². The van der Waals surface area contributed by atoms with E-state index in [1.165, 1.54) is 12.4 Å². The lowest BCUT2D eigenvalue weighted by Crippen LogP contribution is -2.16. The Labute approximate surface area is 102 Å². The number of hydrogen-bond acceptors (Lipinski definition) is 4. The minimum Gasteiger partial charge on any atom is -0.478 e. The summed E-state index contributed by atoms with van der Waals surface area (Å²) in [6.45, 7) is 1.66. The minimum absolute atomic E-state index is 0.0212. The van der Waals surface area contributed by atoms with Gasteiger partial charge in [0.25, 0.3) is 5.91 Å². The first-order valence-corrected chi connectivity index (χ1v) is 5.09. The maximum Gasteiger partial charge on any atom is 0.338 e. The molecule has 0 radical (unpaired) electrons. The number of benzene rings is 1. The molecule has 1 amide bonds. The van der Waals surface area contributed by atoms with E-state index in [1.54, 1.807) is 19.1 Å². The van der Waals surface area contributed by atoms with Crippen molar-refractivity contribution in [1.29, 1.82) is 0 Å². The lowest BCUT2D eigenvalue weighted by Gasteiger charge is -2.09. The number of aromatic nitrogens is 3. The number of nitrogens with one attached hydrogen (secondary N) is 2. The van der Waals surface area contributed by atoms with Crippen LogP contribution in [0.25, 0.3) is 0 Å². The number of carbonyl (C=O) groups excluding carboxylic acids is 1. The van der Waals surface area contributed by atoms with Crippen LogP contribution in [0.5, 0.6) is 0 Å². The molecule has 7 heteroatoms. The molecule has 0 unspecified atom stereocenters. The molecule has 0 fully saturated rings. The molecule has 1 aromatic carbocycles. The van der Waals surface area contributed by atoms with Gasteiger partial charge in [-0.3, -0.25) is 9.89 Å². The lowest BCUT2D eigenvalue weighted by atomic mass is 10.1. The van der Waals surface area contributed by atoms with Crippen LogP contribution in [0.4, 0.5) is 5.69 Å². The van der Waals surface area contributed by atoms with Gasteiger partial charge in [-0.05, 0) is 18.6 Å². The van der Waals surface area contributed by atoms with Crippen LogP contribution >= 0.6 is 0 Å². The van der Waals surface area contributed by atoms with Crippen LogP contribution < -0.4 is 5.32 Å². The Kier molecular flexibility index (Phi) is 3.05. The van der Waals surface area contributed by atoms with Crippen LogP contribution in [-0.4, -0.2) is 32.2 Å². The largest absolute Gasteiger partial charge is 0.478 e. The van der Waals surface area contributed by atoms with E-state index in [0.717, 1.165) is 0 Å². The third-order valence-electron chi connectivity index (χ3n) is 2.36. The number of anilines is 1. The monoisotopic (exact) mass is 246 g/mol. The molecule has 0 atom stereocenters. The van der Waals surface area contributed by atoms with Crippen molar-refractivity contribution in [3.05, 3.63) is 41.5 Å². The summed E-state index contributed by atoms with van der Waals surface area (Å²) in [7, 11) is 0. The third-order valence-corrected chi connectivity index (χ3v) is 2.36. The summed E-state index contributed by atoms with van der Waals surface area (Å²) in [5.41, 5.74) is 0.854. The molecule has 0 saturated heterocycles. The second-order valence-electron chi connectivity index (χ2n) is 3.59. The Balaban J connectivity index is 2.32. The topological polar surface area (TPSA) is 108 Å². The van der Waals surface area contributed by atoms with Crippen LogP contribution in [-0.2, 0) is 0 Å². The average Bonchev–Trinajstić information content (AvgIpc) is 2.81. The number of hydrogen-bond donors (Lipinski definition) is 3. The molecule has 0 aliphatic heterocycles. The number of H-pyrrole nitrogens is 1. The predicted molar refractivity (Wildman–Crippen MR) is 62.5 cm³/mol. The van der Waals surface area contributed by atoms with Gasteiger partial charge in [-0.2, -0.15) is 5.10 Å². The van der Waals surface area contributed by atoms with Crippen molar-refractivity contribution in [1.82, 2.24) is 15.2 Å². The quantitative estimate of drug-likeness (QED) is 0.750. The van der Waals surface area contributed by atoms with Crippen molar-refractivity contribution in [2.45, 2.75) is 6.92 Å². The highest BCUT2D eigenvalue weighted by Gasteiger charge is 2.16. The van der Waals surface area contributed by atoms with Gasteiger partial charge in [0.05, 0.1) is 11.3 Å². The molecule has 1 aromatic heterocycles. The molecule has 1 heterocycles. The zero-order valence-corrected chi connectivity index (χ0v) is 9.47. The van der Waals surface area contributed by atoms with Crippen molar-refractivity contribution in [3.8, 4) is 0 Å². The van der Waals surface area contributed by atoms with Crippen LogP contribution in [0.1, 0.15) is 26.5 Å². The number of aryl methyl sites for hydroxylation is 1. The molecule has 0 spiro atoms. The van der Waals surface area contributed by atoms with Crippen LogP contribution in [0.2, 0.25) is 0 Å². The molecule has 0 aliphatic carbocycles. The molecule has 2 aromatic rings. The molecular formula is C11H10N4O3. The molecule has 3 N–H and O–H groups in total. The van der Waals surface area contributed by atoms with Crippen LogP contribution in [0.15, 0.2) is 24.5 Å². The average molecular weight is 246 g/mol. The summed E-state index contributed by atoms with van der Waals surface area (Å²) in [4.78, 5) is 26.5. The maximum absolute atomic E-state index is 11.7. The summed E-state index contributed by atoms with van der Waals surface area (Å²) in [5, 5.41) is 17.5. The van der Waals surface area contributed by atoms with Gasteiger partial charge in [0.15, 0.2) is 0 Å². The fraction of sp³-hybridized carbons (Fsp3) is 0.0909. The van der Waals surface area contributed by atoms with Gasteiger partial charge in [0.2, 0.25) is 5.82 Å². The summed E-state index contributed by atoms with van der Waals surface area (Å²) in [6, 6.07) is 4.84. The second kappa shape index (κ2) is 4.66. The standard InChI is InChI=1S/C11H10N4O3/c1-6-3-2-4-7(8(6)11(17)18)14-10(16)9-12-5-13-15-9/h2-5H,1H3,(H,14,16)(H,17,18)(H,12,13,15). The smallest absolute Gasteiger partial charge is 0.338 e. The van der Waals surface area contributed by atoms with Crippen molar-refractivity contribution in [2.24, 2.45) is 0 Å². The molecule has 7 nitrogen and oxygen atoms in total. The number of carboxylic acid groups (broad SMARTS) is 1. The SMILES string of the molecule is Cc1cccc(NC(=O)c2ncn[nH]2)c1C(=O)O. The zero-order chi connectivity index (χ0) is 13.1. The van der Waals surface area contributed by atoms with Gasteiger partial charge in [0.1, 0.15) is 6.33 Å². The van der Waals surface area contributed by atoms with Crippen molar-refractivity contribution in [2.75, 3.05) is 5.32 Å². The number of carboxylic acids is 1. The summed E-state index contributed by atoms with van der Waals surface area (Å²) >= 11 is 0.